The summed E-state index contributed by atoms with van der Waals surface area (Å²) in [5.41, 5.74) is 1.81. The molecule has 2 amide bonds. The number of hydrogen-bond donors (Lipinski definition) is 3. The molecule has 0 bridgehead atoms. The zero-order chi connectivity index (χ0) is 24.5. The number of benzene rings is 1. The van der Waals surface area contributed by atoms with Crippen molar-refractivity contribution in [1.82, 2.24) is 20.6 Å². The summed E-state index contributed by atoms with van der Waals surface area (Å²) in [5, 5.41) is 18.0. The van der Waals surface area contributed by atoms with Crippen molar-refractivity contribution in [2.45, 2.75) is 38.9 Å². The predicted molar refractivity (Wildman–Crippen MR) is 126 cm³/mol. The molecule has 180 valence electrons. The van der Waals surface area contributed by atoms with E-state index < -0.39 is 6.10 Å². The van der Waals surface area contributed by atoms with E-state index >= 15 is 0 Å². The number of carbonyl (C=O) groups excluding carboxylic acids is 2. The molecular weight excluding hydrogens is 460 g/mol. The lowest BCUT2D eigenvalue weighted by molar-refractivity contribution is -0.134. The van der Waals surface area contributed by atoms with Crippen molar-refractivity contribution >= 4 is 29.1 Å². The van der Waals surface area contributed by atoms with Gasteiger partial charge in [-0.3, -0.25) is 14.6 Å². The number of nitriles is 1. The van der Waals surface area contributed by atoms with Gasteiger partial charge in [-0.1, -0.05) is 11.6 Å². The van der Waals surface area contributed by atoms with E-state index in [4.69, 9.17) is 26.3 Å². The molecule has 1 atom stereocenters. The standard InChI is InChI=1S/C23H27ClN6O4/c1-14(2)34-20-7-15(3-4-27-23(32)21-13-26-5-6-33-21)18(24)9-19(20)30-22(31)8-16-11-29-17(10-25)12-28-16/h7,9,11-12,14,21,26H,3-6,8,13H2,1-2H3,(H,27,32)(H,30,31)/t21-/m1/s1. The van der Waals surface area contributed by atoms with Crippen molar-refractivity contribution in [3.8, 4) is 11.8 Å². The van der Waals surface area contributed by atoms with E-state index in [2.05, 4.69) is 25.9 Å². The van der Waals surface area contributed by atoms with Crippen molar-refractivity contribution in [2.24, 2.45) is 0 Å². The van der Waals surface area contributed by atoms with Crippen molar-refractivity contribution in [3.63, 3.8) is 0 Å². The van der Waals surface area contributed by atoms with E-state index in [1.165, 1.54) is 12.4 Å². The van der Waals surface area contributed by atoms with Crippen LogP contribution in [0.2, 0.25) is 5.02 Å². The van der Waals surface area contributed by atoms with Gasteiger partial charge in [-0.15, -0.1) is 0 Å². The minimum absolute atomic E-state index is 0.0245. The Labute approximate surface area is 203 Å². The number of ether oxygens (including phenoxy) is 2. The maximum Gasteiger partial charge on any atom is 0.250 e. The third-order valence-electron chi connectivity index (χ3n) is 4.86. The Morgan fingerprint density at radius 2 is 2.18 bits per heavy atom. The van der Waals surface area contributed by atoms with Gasteiger partial charge in [0.05, 0.1) is 42.9 Å². The van der Waals surface area contributed by atoms with Crippen LogP contribution in [0.15, 0.2) is 24.5 Å². The highest BCUT2D eigenvalue weighted by atomic mass is 35.5. The van der Waals surface area contributed by atoms with Gasteiger partial charge in [-0.2, -0.15) is 5.26 Å². The maximum absolute atomic E-state index is 12.6. The third kappa shape index (κ3) is 7.38. The molecular formula is C23H27ClN6O4. The molecule has 2 heterocycles. The summed E-state index contributed by atoms with van der Waals surface area (Å²) in [6.45, 7) is 5.87. The Balaban J connectivity index is 1.64. The fourth-order valence-corrected chi connectivity index (χ4v) is 3.53. The molecule has 0 radical (unpaired) electrons. The lowest BCUT2D eigenvalue weighted by Gasteiger charge is -2.22. The van der Waals surface area contributed by atoms with Gasteiger partial charge in [-0.25, -0.2) is 4.98 Å². The van der Waals surface area contributed by atoms with Crippen LogP contribution in [0, 0.1) is 11.3 Å². The molecule has 0 saturated carbocycles. The lowest BCUT2D eigenvalue weighted by atomic mass is 10.1. The minimum atomic E-state index is -0.498. The maximum atomic E-state index is 12.6. The fraction of sp³-hybridized carbons (Fsp3) is 0.435. The molecule has 1 aliphatic heterocycles. The van der Waals surface area contributed by atoms with Gasteiger partial charge >= 0.3 is 0 Å². The molecule has 2 aromatic rings. The molecule has 11 heteroatoms. The summed E-state index contributed by atoms with van der Waals surface area (Å²) in [6.07, 6.45) is 2.53. The van der Waals surface area contributed by atoms with Crippen LogP contribution in [0.1, 0.15) is 30.8 Å². The van der Waals surface area contributed by atoms with Crippen LogP contribution in [-0.4, -0.2) is 60.2 Å². The zero-order valence-corrected chi connectivity index (χ0v) is 19.8. The summed E-state index contributed by atoms with van der Waals surface area (Å²) >= 11 is 6.47. The van der Waals surface area contributed by atoms with Gasteiger partial charge in [0.15, 0.2) is 5.69 Å². The highest BCUT2D eigenvalue weighted by Gasteiger charge is 2.21. The first kappa shape index (κ1) is 25.4. The smallest absolute Gasteiger partial charge is 0.250 e. The predicted octanol–water partition coefficient (Wildman–Crippen LogP) is 1.62. The molecule has 1 aromatic carbocycles. The van der Waals surface area contributed by atoms with Gasteiger partial charge in [-0.05, 0) is 38.0 Å². The van der Waals surface area contributed by atoms with Crippen molar-refractivity contribution in [2.75, 3.05) is 31.6 Å². The number of carbonyl (C=O) groups is 2. The molecule has 0 aliphatic carbocycles. The Hall–Kier alpha value is -3.26. The monoisotopic (exact) mass is 486 g/mol. The highest BCUT2D eigenvalue weighted by molar-refractivity contribution is 6.31. The number of halogens is 1. The first-order chi connectivity index (χ1) is 16.4. The van der Waals surface area contributed by atoms with E-state index in [0.29, 0.717) is 48.3 Å². The van der Waals surface area contributed by atoms with Gasteiger partial charge in [0.25, 0.3) is 0 Å². The van der Waals surface area contributed by atoms with E-state index in [1.807, 2.05) is 19.9 Å². The summed E-state index contributed by atoms with van der Waals surface area (Å²) in [7, 11) is 0. The Kier molecular flexibility index (Phi) is 9.16. The second-order valence-corrected chi connectivity index (χ2v) is 8.35. The molecule has 34 heavy (non-hydrogen) atoms. The number of amides is 2. The van der Waals surface area contributed by atoms with Crippen LogP contribution in [-0.2, 0) is 27.2 Å². The molecule has 0 spiro atoms. The minimum Gasteiger partial charge on any atom is -0.489 e. The Bertz CT molecular complexity index is 1050. The van der Waals surface area contributed by atoms with Crippen LogP contribution in [0.3, 0.4) is 0 Å². The van der Waals surface area contributed by atoms with Crippen molar-refractivity contribution in [3.05, 3.63) is 46.5 Å². The molecule has 10 nitrogen and oxygen atoms in total. The molecule has 3 rings (SSSR count). The quantitative estimate of drug-likeness (QED) is 0.486. The molecule has 3 N–H and O–H groups in total. The SMILES string of the molecule is CC(C)Oc1cc(CCNC(=O)[C@H]2CNCCO2)c(Cl)cc1NC(=O)Cc1cnc(C#N)cn1. The van der Waals surface area contributed by atoms with Crippen LogP contribution in [0.4, 0.5) is 5.69 Å². The van der Waals surface area contributed by atoms with E-state index in [1.54, 1.807) is 12.1 Å². The molecule has 0 unspecified atom stereocenters. The number of rotatable bonds is 9. The summed E-state index contributed by atoms with van der Waals surface area (Å²) in [6, 6.07) is 5.28. The Morgan fingerprint density at radius 1 is 1.35 bits per heavy atom. The van der Waals surface area contributed by atoms with E-state index in [0.717, 1.165) is 12.1 Å². The molecule has 1 aromatic heterocycles. The molecule has 1 saturated heterocycles. The zero-order valence-electron chi connectivity index (χ0n) is 19.1. The van der Waals surface area contributed by atoms with Crippen molar-refractivity contribution < 1.29 is 19.1 Å². The van der Waals surface area contributed by atoms with Gasteiger partial charge in [0, 0.05) is 24.7 Å². The van der Waals surface area contributed by atoms with Crippen LogP contribution in [0.25, 0.3) is 0 Å². The van der Waals surface area contributed by atoms with Gasteiger partial charge in [0.1, 0.15) is 17.9 Å². The second-order valence-electron chi connectivity index (χ2n) is 7.94. The third-order valence-corrected chi connectivity index (χ3v) is 5.21. The summed E-state index contributed by atoms with van der Waals surface area (Å²) in [4.78, 5) is 32.8. The van der Waals surface area contributed by atoms with E-state index in [9.17, 15) is 9.59 Å². The summed E-state index contributed by atoms with van der Waals surface area (Å²) in [5.74, 6) is -0.0265. The number of morpholine rings is 1. The average molecular weight is 487 g/mol. The number of hydrogen-bond acceptors (Lipinski definition) is 8. The topological polar surface area (TPSA) is 138 Å². The number of aromatic nitrogens is 2. The lowest BCUT2D eigenvalue weighted by Crippen LogP contribution is -2.48. The highest BCUT2D eigenvalue weighted by Crippen LogP contribution is 2.32. The second kappa shape index (κ2) is 12.3. The normalized spacial score (nSPS) is 15.4. The fourth-order valence-electron chi connectivity index (χ4n) is 3.27. The van der Waals surface area contributed by atoms with Gasteiger partial charge in [0.2, 0.25) is 11.8 Å². The number of nitrogens with one attached hydrogen (secondary N) is 3. The van der Waals surface area contributed by atoms with Crippen LogP contribution < -0.4 is 20.7 Å². The Morgan fingerprint density at radius 3 is 2.82 bits per heavy atom. The van der Waals surface area contributed by atoms with Crippen molar-refractivity contribution in [1.29, 1.82) is 5.26 Å². The number of anilines is 1. The largest absolute Gasteiger partial charge is 0.489 e. The van der Waals surface area contributed by atoms with Gasteiger partial charge < -0.3 is 25.4 Å². The summed E-state index contributed by atoms with van der Waals surface area (Å²) < 4.78 is 11.3. The first-order valence-electron chi connectivity index (χ1n) is 11.0. The molecule has 1 fully saturated rings. The van der Waals surface area contributed by atoms with Crippen LogP contribution in [0.5, 0.6) is 5.75 Å². The first-order valence-corrected chi connectivity index (χ1v) is 11.3. The average Bonchev–Trinajstić information content (AvgIpc) is 2.82. The molecule has 1 aliphatic rings. The van der Waals surface area contributed by atoms with E-state index in [-0.39, 0.29) is 30.0 Å². The number of nitrogens with zero attached hydrogens (tertiary/aromatic N) is 3. The van der Waals surface area contributed by atoms with Crippen LogP contribution >= 0.6 is 11.6 Å².